The van der Waals surface area contributed by atoms with Gasteiger partial charge >= 0.3 is 5.69 Å². The van der Waals surface area contributed by atoms with E-state index in [-0.39, 0.29) is 18.3 Å². The van der Waals surface area contributed by atoms with Crippen LogP contribution >= 0.6 is 0 Å². The van der Waals surface area contributed by atoms with E-state index in [1.54, 1.807) is 31.2 Å². The van der Waals surface area contributed by atoms with E-state index in [4.69, 9.17) is 0 Å². The minimum atomic E-state index is -0.777. The zero-order chi connectivity index (χ0) is 20.5. The maximum absolute atomic E-state index is 14.1. The molecule has 0 aliphatic heterocycles. The molecule has 2 aromatic carbocycles. The van der Waals surface area contributed by atoms with Gasteiger partial charge in [-0.2, -0.15) is 9.78 Å². The quantitative estimate of drug-likeness (QED) is 0.715. The van der Waals surface area contributed by atoms with E-state index in [1.165, 1.54) is 12.1 Å². The summed E-state index contributed by atoms with van der Waals surface area (Å²) in [5.41, 5.74) is -0.654. The van der Waals surface area contributed by atoms with E-state index < -0.39 is 28.7 Å². The van der Waals surface area contributed by atoms with Crippen molar-refractivity contribution in [2.24, 2.45) is 0 Å². The lowest BCUT2D eigenvalue weighted by Gasteiger charge is -2.12. The van der Waals surface area contributed by atoms with Crippen LogP contribution in [0.5, 0.6) is 0 Å². The Morgan fingerprint density at radius 1 is 1.17 bits per heavy atom. The van der Waals surface area contributed by atoms with Gasteiger partial charge in [-0.15, -0.1) is 0 Å². The molecule has 0 saturated heterocycles. The molecule has 1 aromatic heterocycles. The van der Waals surface area contributed by atoms with Gasteiger partial charge in [0.05, 0.1) is 12.2 Å². The number of halogens is 1. The molecule has 1 saturated carbocycles. The number of benzene rings is 2. The molecule has 4 rings (SSSR count). The highest BCUT2D eigenvalue weighted by molar-refractivity contribution is 5.92. The number of carbonyl (C=O) groups is 1. The molecule has 8 heteroatoms. The van der Waals surface area contributed by atoms with Gasteiger partial charge in [0.1, 0.15) is 5.82 Å². The summed E-state index contributed by atoms with van der Waals surface area (Å²) in [6, 6.07) is 13.1. The Morgan fingerprint density at radius 3 is 2.55 bits per heavy atom. The fourth-order valence-corrected chi connectivity index (χ4v) is 2.93. The lowest BCUT2D eigenvalue weighted by molar-refractivity contribution is 0.0941. The van der Waals surface area contributed by atoms with Crippen molar-refractivity contribution in [3.05, 3.63) is 92.0 Å². The Kier molecular flexibility index (Phi) is 4.84. The van der Waals surface area contributed by atoms with Crippen molar-refractivity contribution < 1.29 is 9.18 Å². The second kappa shape index (κ2) is 7.46. The number of hydrogen-bond acceptors (Lipinski definition) is 4. The van der Waals surface area contributed by atoms with E-state index in [1.807, 2.05) is 6.07 Å². The van der Waals surface area contributed by atoms with Crippen LogP contribution in [0.3, 0.4) is 0 Å². The third-order valence-corrected chi connectivity index (χ3v) is 4.77. The molecule has 148 valence electrons. The molecule has 0 radical (unpaired) electrons. The van der Waals surface area contributed by atoms with Crippen LogP contribution in [-0.2, 0) is 6.54 Å². The summed E-state index contributed by atoms with van der Waals surface area (Å²) in [4.78, 5) is 38.5. The number of amides is 1. The first-order valence-corrected chi connectivity index (χ1v) is 9.29. The van der Waals surface area contributed by atoms with Crippen LogP contribution in [-0.4, -0.2) is 26.3 Å². The summed E-state index contributed by atoms with van der Waals surface area (Å²) in [6.45, 7) is 1.57. The third-order valence-electron chi connectivity index (χ3n) is 4.77. The average Bonchev–Trinajstić information content (AvgIpc) is 3.52. The van der Waals surface area contributed by atoms with Crippen molar-refractivity contribution in [3.63, 3.8) is 0 Å². The molecule has 1 amide bonds. The largest absolute Gasteiger partial charge is 0.352 e. The zero-order valence-corrected chi connectivity index (χ0v) is 15.8. The number of rotatable bonds is 5. The number of nitrogens with zero attached hydrogens (tertiary/aromatic N) is 3. The maximum atomic E-state index is 14.1. The van der Waals surface area contributed by atoms with Crippen LogP contribution in [0.4, 0.5) is 4.39 Å². The van der Waals surface area contributed by atoms with E-state index in [9.17, 15) is 18.8 Å². The predicted molar refractivity (Wildman–Crippen MR) is 105 cm³/mol. The summed E-state index contributed by atoms with van der Waals surface area (Å²) in [5.74, 6) is -1.15. The minimum absolute atomic E-state index is 0.0171. The van der Waals surface area contributed by atoms with E-state index in [0.717, 1.165) is 28.2 Å². The molecule has 0 spiro atoms. The summed E-state index contributed by atoms with van der Waals surface area (Å²) in [6.07, 6.45) is 1.68. The fraction of sp³-hybridized carbons (Fsp3) is 0.238. The molecule has 3 aromatic rings. The highest BCUT2D eigenvalue weighted by atomic mass is 19.1. The van der Waals surface area contributed by atoms with Crippen molar-refractivity contribution in [2.75, 3.05) is 0 Å². The summed E-state index contributed by atoms with van der Waals surface area (Å²) >= 11 is 0. The van der Waals surface area contributed by atoms with Crippen molar-refractivity contribution in [2.45, 2.75) is 32.4 Å². The molecular weight excluding hydrogens is 375 g/mol. The Morgan fingerprint density at radius 2 is 1.90 bits per heavy atom. The van der Waals surface area contributed by atoms with Gasteiger partial charge in [-0.1, -0.05) is 36.4 Å². The van der Waals surface area contributed by atoms with Gasteiger partial charge in [0.25, 0.3) is 11.5 Å². The van der Waals surface area contributed by atoms with Gasteiger partial charge in [0, 0.05) is 12.1 Å². The van der Waals surface area contributed by atoms with Crippen LogP contribution in [0.25, 0.3) is 5.69 Å². The SMILES string of the molecule is Cc1ccc(-n2nc(C(=O)NC3CC3)c(=O)n(Cc3ccccc3)c2=O)cc1F. The molecule has 0 unspecified atom stereocenters. The number of nitrogens with one attached hydrogen (secondary N) is 1. The molecular formula is C21H19FN4O3. The third kappa shape index (κ3) is 3.87. The normalized spacial score (nSPS) is 13.3. The van der Waals surface area contributed by atoms with Gasteiger partial charge in [-0.05, 0) is 37.0 Å². The fourth-order valence-electron chi connectivity index (χ4n) is 2.93. The van der Waals surface area contributed by atoms with E-state index in [2.05, 4.69) is 10.4 Å². The lowest BCUT2D eigenvalue weighted by Crippen LogP contribution is -2.46. The van der Waals surface area contributed by atoms with E-state index in [0.29, 0.717) is 11.1 Å². The smallest absolute Gasteiger partial charge is 0.348 e. The van der Waals surface area contributed by atoms with E-state index >= 15 is 0 Å². The van der Waals surface area contributed by atoms with Gasteiger partial charge in [0.15, 0.2) is 0 Å². The Labute approximate surface area is 165 Å². The monoisotopic (exact) mass is 394 g/mol. The molecule has 0 bridgehead atoms. The average molecular weight is 394 g/mol. The standard InChI is InChI=1S/C21H19FN4O3/c1-13-7-10-16(11-17(13)22)26-21(29)25(12-14-5-3-2-4-6-14)20(28)18(24-26)19(27)23-15-8-9-15/h2-7,10-11,15H,8-9,12H2,1H3,(H,23,27). The molecule has 29 heavy (non-hydrogen) atoms. The lowest BCUT2D eigenvalue weighted by atomic mass is 10.2. The number of aromatic nitrogens is 3. The molecule has 0 atom stereocenters. The summed E-state index contributed by atoms with van der Waals surface area (Å²) < 4.78 is 15.9. The van der Waals surface area contributed by atoms with Crippen LogP contribution < -0.4 is 16.6 Å². The van der Waals surface area contributed by atoms with Gasteiger partial charge in [0.2, 0.25) is 5.69 Å². The first-order chi connectivity index (χ1) is 13.9. The molecule has 1 heterocycles. The van der Waals surface area contributed by atoms with Crippen LogP contribution in [0.2, 0.25) is 0 Å². The molecule has 1 fully saturated rings. The van der Waals surface area contributed by atoms with Crippen molar-refractivity contribution >= 4 is 5.91 Å². The van der Waals surface area contributed by atoms with Gasteiger partial charge < -0.3 is 5.32 Å². The predicted octanol–water partition coefficient (Wildman–Crippen LogP) is 1.78. The molecule has 1 aliphatic rings. The first-order valence-electron chi connectivity index (χ1n) is 9.29. The number of carbonyl (C=O) groups excluding carboxylic acids is 1. The Balaban J connectivity index is 1.88. The second-order valence-corrected chi connectivity index (χ2v) is 7.10. The summed E-state index contributed by atoms with van der Waals surface area (Å²) in [7, 11) is 0. The van der Waals surface area contributed by atoms with Crippen LogP contribution in [0, 0.1) is 12.7 Å². The molecule has 1 aliphatic carbocycles. The summed E-state index contributed by atoms with van der Waals surface area (Å²) in [5, 5.41) is 6.70. The minimum Gasteiger partial charge on any atom is -0.348 e. The van der Waals surface area contributed by atoms with Gasteiger partial charge in [-0.3, -0.25) is 14.2 Å². The zero-order valence-electron chi connectivity index (χ0n) is 15.8. The van der Waals surface area contributed by atoms with Crippen molar-refractivity contribution in [1.82, 2.24) is 19.7 Å². The number of hydrogen-bond donors (Lipinski definition) is 1. The highest BCUT2D eigenvalue weighted by Gasteiger charge is 2.27. The first kappa shape index (κ1) is 18.8. The topological polar surface area (TPSA) is 86.0 Å². The Bertz CT molecular complexity index is 1200. The Hall–Kier alpha value is -3.55. The van der Waals surface area contributed by atoms with Crippen molar-refractivity contribution in [1.29, 1.82) is 0 Å². The maximum Gasteiger partial charge on any atom is 0.352 e. The van der Waals surface area contributed by atoms with Crippen LogP contribution in [0.15, 0.2) is 58.1 Å². The van der Waals surface area contributed by atoms with Crippen LogP contribution in [0.1, 0.15) is 34.5 Å². The highest BCUT2D eigenvalue weighted by Crippen LogP contribution is 2.18. The molecule has 1 N–H and O–H groups in total. The molecule has 7 nitrogen and oxygen atoms in total. The van der Waals surface area contributed by atoms with Crippen molar-refractivity contribution in [3.8, 4) is 5.69 Å². The second-order valence-electron chi connectivity index (χ2n) is 7.10. The number of aryl methyl sites for hydroxylation is 1. The van der Waals surface area contributed by atoms with Gasteiger partial charge in [-0.25, -0.2) is 9.18 Å².